The van der Waals surface area contributed by atoms with Crippen molar-refractivity contribution >= 4 is 23.1 Å². The summed E-state index contributed by atoms with van der Waals surface area (Å²) in [6.45, 7) is 1.22. The van der Waals surface area contributed by atoms with Crippen molar-refractivity contribution in [1.29, 1.82) is 0 Å². The van der Waals surface area contributed by atoms with Crippen LogP contribution in [-0.4, -0.2) is 35.2 Å². The van der Waals surface area contributed by atoms with Crippen LogP contribution in [0.2, 0.25) is 0 Å². The van der Waals surface area contributed by atoms with Crippen LogP contribution in [0.25, 0.3) is 0 Å². The molecule has 6 nitrogen and oxygen atoms in total. The summed E-state index contributed by atoms with van der Waals surface area (Å²) in [4.78, 5) is 21.6. The predicted molar refractivity (Wildman–Crippen MR) is 84.9 cm³/mol. The number of carbonyl (C=O) groups excluding carboxylic acids is 1. The molecule has 0 spiro atoms. The SMILES string of the molecule is O=C1CCN(c2cc(Nc3ccc(OC(F)(F)F)cc3)ncn2)CC1. The van der Waals surface area contributed by atoms with E-state index in [9.17, 15) is 18.0 Å². The molecule has 132 valence electrons. The van der Waals surface area contributed by atoms with Gasteiger partial charge >= 0.3 is 6.36 Å². The molecule has 1 N–H and O–H groups in total. The number of nitrogens with zero attached hydrogens (tertiary/aromatic N) is 3. The Balaban J connectivity index is 1.67. The van der Waals surface area contributed by atoms with Gasteiger partial charge in [-0.25, -0.2) is 9.97 Å². The number of aromatic nitrogens is 2. The highest BCUT2D eigenvalue weighted by Gasteiger charge is 2.30. The normalized spacial score (nSPS) is 15.2. The van der Waals surface area contributed by atoms with E-state index in [0.717, 1.165) is 0 Å². The van der Waals surface area contributed by atoms with E-state index in [1.54, 1.807) is 6.07 Å². The molecule has 9 heteroatoms. The van der Waals surface area contributed by atoms with Crippen LogP contribution in [0.15, 0.2) is 36.7 Å². The number of hydrogen-bond donors (Lipinski definition) is 1. The van der Waals surface area contributed by atoms with Gasteiger partial charge in [-0.3, -0.25) is 4.79 Å². The minimum atomic E-state index is -4.72. The van der Waals surface area contributed by atoms with E-state index < -0.39 is 6.36 Å². The molecule has 0 amide bonds. The molecular formula is C16H15F3N4O2. The lowest BCUT2D eigenvalue weighted by atomic mass is 10.1. The van der Waals surface area contributed by atoms with Gasteiger partial charge in [0.15, 0.2) is 0 Å². The fourth-order valence-electron chi connectivity index (χ4n) is 2.46. The number of hydrogen-bond acceptors (Lipinski definition) is 6. The van der Waals surface area contributed by atoms with E-state index in [2.05, 4.69) is 20.0 Å². The Morgan fingerprint density at radius 3 is 2.40 bits per heavy atom. The number of anilines is 3. The highest BCUT2D eigenvalue weighted by molar-refractivity contribution is 5.80. The molecule has 0 atom stereocenters. The number of piperidine rings is 1. The molecule has 1 aliphatic heterocycles. The van der Waals surface area contributed by atoms with E-state index in [-0.39, 0.29) is 11.5 Å². The van der Waals surface area contributed by atoms with Gasteiger partial charge in [-0.15, -0.1) is 13.2 Å². The third kappa shape index (κ3) is 4.82. The molecule has 1 aromatic carbocycles. The van der Waals surface area contributed by atoms with Gasteiger partial charge in [0.1, 0.15) is 29.5 Å². The molecule has 0 unspecified atom stereocenters. The highest BCUT2D eigenvalue weighted by Crippen LogP contribution is 2.25. The molecule has 0 saturated carbocycles. The number of halogens is 3. The minimum absolute atomic E-state index is 0.241. The van der Waals surface area contributed by atoms with Gasteiger partial charge in [0.2, 0.25) is 0 Å². The maximum Gasteiger partial charge on any atom is 0.573 e. The zero-order valence-electron chi connectivity index (χ0n) is 13.1. The topological polar surface area (TPSA) is 67.4 Å². The summed E-state index contributed by atoms with van der Waals surface area (Å²) in [7, 11) is 0. The second-order valence-corrected chi connectivity index (χ2v) is 5.48. The van der Waals surface area contributed by atoms with Gasteiger partial charge in [0, 0.05) is 37.7 Å². The monoisotopic (exact) mass is 352 g/mol. The summed E-state index contributed by atoms with van der Waals surface area (Å²) >= 11 is 0. The first-order valence-corrected chi connectivity index (χ1v) is 7.60. The fraction of sp³-hybridized carbons (Fsp3) is 0.312. The van der Waals surface area contributed by atoms with Crippen LogP contribution in [0.1, 0.15) is 12.8 Å². The van der Waals surface area contributed by atoms with Gasteiger partial charge in [-0.1, -0.05) is 0 Å². The number of benzene rings is 1. The molecule has 0 aliphatic carbocycles. The standard InChI is InChI=1S/C16H15F3N4O2/c17-16(18,19)25-13-3-1-11(2-4-13)22-14-9-15(21-10-20-14)23-7-5-12(24)6-8-23/h1-4,9-10H,5-8H2,(H,20,21,22). The predicted octanol–water partition coefficient (Wildman–Crippen LogP) is 3.29. The fourth-order valence-corrected chi connectivity index (χ4v) is 2.46. The van der Waals surface area contributed by atoms with E-state index >= 15 is 0 Å². The Bertz CT molecular complexity index is 740. The lowest BCUT2D eigenvalue weighted by Gasteiger charge is -2.27. The van der Waals surface area contributed by atoms with Crippen LogP contribution in [0.5, 0.6) is 5.75 Å². The van der Waals surface area contributed by atoms with Crippen LogP contribution in [0.3, 0.4) is 0 Å². The number of ketones is 1. The van der Waals surface area contributed by atoms with Crippen molar-refractivity contribution in [3.8, 4) is 5.75 Å². The molecule has 0 radical (unpaired) electrons. The Hall–Kier alpha value is -2.84. The van der Waals surface area contributed by atoms with Gasteiger partial charge in [0.05, 0.1) is 0 Å². The van der Waals surface area contributed by atoms with Crippen molar-refractivity contribution in [3.63, 3.8) is 0 Å². The van der Waals surface area contributed by atoms with Gasteiger partial charge in [0.25, 0.3) is 0 Å². The smallest absolute Gasteiger partial charge is 0.406 e. The second kappa shape index (κ2) is 6.96. The molecule has 1 aromatic heterocycles. The number of ether oxygens (including phenoxy) is 1. The average Bonchev–Trinajstić information content (AvgIpc) is 2.56. The lowest BCUT2D eigenvalue weighted by Crippen LogP contribution is -2.34. The van der Waals surface area contributed by atoms with E-state index in [1.165, 1.54) is 30.6 Å². The second-order valence-electron chi connectivity index (χ2n) is 5.48. The van der Waals surface area contributed by atoms with E-state index in [0.29, 0.717) is 43.3 Å². The zero-order chi connectivity index (χ0) is 17.9. The first-order valence-electron chi connectivity index (χ1n) is 7.60. The molecule has 1 aliphatic rings. The van der Waals surface area contributed by atoms with Crippen molar-refractivity contribution in [2.75, 3.05) is 23.3 Å². The van der Waals surface area contributed by atoms with Gasteiger partial charge in [-0.2, -0.15) is 0 Å². The largest absolute Gasteiger partial charge is 0.573 e. The summed E-state index contributed by atoms with van der Waals surface area (Å²) < 4.78 is 40.3. The molecule has 25 heavy (non-hydrogen) atoms. The summed E-state index contributed by atoms with van der Waals surface area (Å²) in [5.74, 6) is 1.15. The van der Waals surface area contributed by atoms with Crippen molar-refractivity contribution in [3.05, 3.63) is 36.7 Å². The highest BCUT2D eigenvalue weighted by atomic mass is 19.4. The number of alkyl halides is 3. The van der Waals surface area contributed by atoms with Crippen molar-refractivity contribution in [2.45, 2.75) is 19.2 Å². The van der Waals surface area contributed by atoms with Crippen LogP contribution in [0, 0.1) is 0 Å². The molecule has 3 rings (SSSR count). The lowest BCUT2D eigenvalue weighted by molar-refractivity contribution is -0.274. The Morgan fingerprint density at radius 1 is 1.08 bits per heavy atom. The third-order valence-electron chi connectivity index (χ3n) is 3.66. The maximum atomic E-state index is 12.2. The number of Topliss-reactive ketones (excluding diaryl/α,β-unsaturated/α-hetero) is 1. The van der Waals surface area contributed by atoms with Crippen molar-refractivity contribution < 1.29 is 22.7 Å². The summed E-state index contributed by atoms with van der Waals surface area (Å²) in [5.41, 5.74) is 0.563. The quantitative estimate of drug-likeness (QED) is 0.911. The molecular weight excluding hydrogens is 337 g/mol. The number of carbonyl (C=O) groups is 1. The Labute approximate surface area is 141 Å². The number of nitrogens with one attached hydrogen (secondary N) is 1. The Kier molecular flexibility index (Phi) is 4.73. The summed E-state index contributed by atoms with van der Waals surface area (Å²) in [5, 5.41) is 3.00. The molecule has 1 fully saturated rings. The first-order chi connectivity index (χ1) is 11.9. The Morgan fingerprint density at radius 2 is 1.76 bits per heavy atom. The van der Waals surface area contributed by atoms with Crippen LogP contribution in [0.4, 0.5) is 30.5 Å². The molecule has 0 bridgehead atoms. The van der Waals surface area contributed by atoms with Crippen LogP contribution < -0.4 is 15.0 Å². The molecule has 1 saturated heterocycles. The average molecular weight is 352 g/mol. The third-order valence-corrected chi connectivity index (χ3v) is 3.66. The van der Waals surface area contributed by atoms with E-state index in [1.807, 2.05) is 4.90 Å². The molecule has 2 heterocycles. The van der Waals surface area contributed by atoms with E-state index in [4.69, 9.17) is 0 Å². The van der Waals surface area contributed by atoms with Gasteiger partial charge < -0.3 is 15.0 Å². The summed E-state index contributed by atoms with van der Waals surface area (Å²) in [6.07, 6.45) is -2.33. The van der Waals surface area contributed by atoms with Crippen molar-refractivity contribution in [1.82, 2.24) is 9.97 Å². The minimum Gasteiger partial charge on any atom is -0.406 e. The van der Waals surface area contributed by atoms with Crippen LogP contribution in [-0.2, 0) is 4.79 Å². The maximum absolute atomic E-state index is 12.2. The summed E-state index contributed by atoms with van der Waals surface area (Å²) in [6, 6.07) is 7.09. The van der Waals surface area contributed by atoms with Crippen molar-refractivity contribution in [2.24, 2.45) is 0 Å². The first kappa shape index (κ1) is 17.0. The number of rotatable bonds is 4. The van der Waals surface area contributed by atoms with Gasteiger partial charge in [-0.05, 0) is 24.3 Å². The zero-order valence-corrected chi connectivity index (χ0v) is 13.1. The van der Waals surface area contributed by atoms with Crippen LogP contribution >= 0.6 is 0 Å². The molecule has 2 aromatic rings.